The molecule has 136 valence electrons. The predicted molar refractivity (Wildman–Crippen MR) is 92.1 cm³/mol. The second-order valence-corrected chi connectivity index (χ2v) is 6.94. The fourth-order valence-corrected chi connectivity index (χ4v) is 3.77. The Morgan fingerprint density at radius 1 is 1.08 bits per heavy atom. The monoisotopic (exact) mass is 340 g/mol. The van der Waals surface area contributed by atoms with Gasteiger partial charge in [-0.15, -0.1) is 0 Å². The molecule has 1 fully saturated rings. The summed E-state index contributed by atoms with van der Waals surface area (Å²) < 4.78 is 33.3. The van der Waals surface area contributed by atoms with Crippen molar-refractivity contribution >= 4 is 0 Å². The number of aliphatic hydroxyl groups excluding tert-OH is 1. The molecular formula is C20H30F2O2. The summed E-state index contributed by atoms with van der Waals surface area (Å²) in [5, 5.41) is 10.5. The third-order valence-electron chi connectivity index (χ3n) is 5.25. The second-order valence-electron chi connectivity index (χ2n) is 6.94. The van der Waals surface area contributed by atoms with Crippen molar-refractivity contribution in [1.29, 1.82) is 0 Å². The van der Waals surface area contributed by atoms with Crippen LogP contribution >= 0.6 is 0 Å². The zero-order valence-electron chi connectivity index (χ0n) is 14.9. The molecule has 0 heterocycles. The first kappa shape index (κ1) is 19.2. The molecule has 1 unspecified atom stereocenters. The van der Waals surface area contributed by atoms with Crippen LogP contribution in [0.2, 0.25) is 0 Å². The first-order chi connectivity index (χ1) is 11.6. The SMILES string of the molecule is CCCCCC1CCC(C(O)c2ccc(OCC)c(F)c2F)CC1. The van der Waals surface area contributed by atoms with Gasteiger partial charge in [0.2, 0.25) is 5.82 Å². The smallest absolute Gasteiger partial charge is 0.200 e. The van der Waals surface area contributed by atoms with Crippen molar-refractivity contribution in [3.63, 3.8) is 0 Å². The zero-order chi connectivity index (χ0) is 17.5. The molecule has 1 aromatic carbocycles. The van der Waals surface area contributed by atoms with Gasteiger partial charge in [-0.3, -0.25) is 0 Å². The number of hydrogen-bond donors (Lipinski definition) is 1. The number of halogens is 2. The Balaban J connectivity index is 1.95. The van der Waals surface area contributed by atoms with Crippen LogP contribution in [-0.4, -0.2) is 11.7 Å². The average molecular weight is 340 g/mol. The Morgan fingerprint density at radius 3 is 2.42 bits per heavy atom. The topological polar surface area (TPSA) is 29.5 Å². The number of unbranched alkanes of at least 4 members (excludes halogenated alkanes) is 2. The molecule has 1 aromatic rings. The molecule has 24 heavy (non-hydrogen) atoms. The van der Waals surface area contributed by atoms with Crippen molar-refractivity contribution in [2.75, 3.05) is 6.61 Å². The number of ether oxygens (including phenoxy) is 1. The Labute approximate surface area is 144 Å². The van der Waals surface area contributed by atoms with Crippen LogP contribution in [0.25, 0.3) is 0 Å². The van der Waals surface area contributed by atoms with Gasteiger partial charge in [-0.2, -0.15) is 4.39 Å². The number of rotatable bonds is 8. The van der Waals surface area contributed by atoms with E-state index in [0.29, 0.717) is 0 Å². The summed E-state index contributed by atoms with van der Waals surface area (Å²) in [6.45, 7) is 4.21. The Morgan fingerprint density at radius 2 is 1.79 bits per heavy atom. The van der Waals surface area contributed by atoms with Crippen molar-refractivity contribution in [3.8, 4) is 5.75 Å². The van der Waals surface area contributed by atoms with Gasteiger partial charge in [0, 0.05) is 5.56 Å². The van der Waals surface area contributed by atoms with Crippen molar-refractivity contribution in [3.05, 3.63) is 29.3 Å². The maximum absolute atomic E-state index is 14.3. The summed E-state index contributed by atoms with van der Waals surface area (Å²) in [5.41, 5.74) is 0.0605. The summed E-state index contributed by atoms with van der Waals surface area (Å²) in [6, 6.07) is 2.87. The molecule has 0 bridgehead atoms. The molecule has 0 aliphatic heterocycles. The molecule has 2 nitrogen and oxygen atoms in total. The van der Waals surface area contributed by atoms with E-state index in [4.69, 9.17) is 4.74 Å². The summed E-state index contributed by atoms with van der Waals surface area (Å²) >= 11 is 0. The average Bonchev–Trinajstić information content (AvgIpc) is 2.60. The first-order valence-electron chi connectivity index (χ1n) is 9.37. The number of hydrogen-bond acceptors (Lipinski definition) is 2. The minimum absolute atomic E-state index is 0.0132. The van der Waals surface area contributed by atoms with Gasteiger partial charge in [0.1, 0.15) is 0 Å². The molecule has 1 atom stereocenters. The third kappa shape index (κ3) is 4.69. The molecule has 1 aliphatic rings. The lowest BCUT2D eigenvalue weighted by atomic mass is 9.76. The highest BCUT2D eigenvalue weighted by molar-refractivity contribution is 5.32. The molecule has 0 amide bonds. The number of aliphatic hydroxyl groups is 1. The van der Waals surface area contributed by atoms with Gasteiger partial charge < -0.3 is 9.84 Å². The minimum atomic E-state index is -0.998. The van der Waals surface area contributed by atoms with Crippen LogP contribution in [0.4, 0.5) is 8.78 Å². The van der Waals surface area contributed by atoms with E-state index in [1.54, 1.807) is 6.92 Å². The van der Waals surface area contributed by atoms with E-state index in [-0.39, 0.29) is 23.8 Å². The van der Waals surface area contributed by atoms with Gasteiger partial charge >= 0.3 is 0 Å². The van der Waals surface area contributed by atoms with Gasteiger partial charge in [0.15, 0.2) is 11.6 Å². The molecule has 0 spiro atoms. The zero-order valence-corrected chi connectivity index (χ0v) is 14.9. The molecule has 1 N–H and O–H groups in total. The maximum atomic E-state index is 14.3. The highest BCUT2D eigenvalue weighted by Crippen LogP contribution is 2.40. The fraction of sp³-hybridized carbons (Fsp3) is 0.700. The van der Waals surface area contributed by atoms with Crippen LogP contribution in [0, 0.1) is 23.5 Å². The Hall–Kier alpha value is -1.16. The van der Waals surface area contributed by atoms with E-state index in [0.717, 1.165) is 31.6 Å². The van der Waals surface area contributed by atoms with Gasteiger partial charge in [-0.1, -0.05) is 45.4 Å². The van der Waals surface area contributed by atoms with Crippen molar-refractivity contribution in [2.24, 2.45) is 11.8 Å². The minimum Gasteiger partial charge on any atom is -0.491 e. The van der Waals surface area contributed by atoms with Crippen LogP contribution in [0.15, 0.2) is 12.1 Å². The van der Waals surface area contributed by atoms with E-state index in [9.17, 15) is 13.9 Å². The van der Waals surface area contributed by atoms with Crippen LogP contribution in [-0.2, 0) is 0 Å². The molecule has 0 radical (unpaired) electrons. The maximum Gasteiger partial charge on any atom is 0.200 e. The van der Waals surface area contributed by atoms with E-state index in [1.165, 1.54) is 37.8 Å². The van der Waals surface area contributed by atoms with Crippen molar-refractivity contribution in [1.82, 2.24) is 0 Å². The molecule has 0 aromatic heterocycles. The lowest BCUT2D eigenvalue weighted by molar-refractivity contribution is 0.0684. The van der Waals surface area contributed by atoms with E-state index in [1.807, 2.05) is 0 Å². The molecular weight excluding hydrogens is 310 g/mol. The summed E-state index contributed by atoms with van der Waals surface area (Å²) in [7, 11) is 0. The molecule has 4 heteroatoms. The van der Waals surface area contributed by atoms with Crippen LogP contribution in [0.1, 0.15) is 76.9 Å². The third-order valence-corrected chi connectivity index (χ3v) is 5.25. The van der Waals surface area contributed by atoms with Crippen LogP contribution < -0.4 is 4.74 Å². The fourth-order valence-electron chi connectivity index (χ4n) is 3.77. The molecule has 1 aliphatic carbocycles. The Kier molecular flexibility index (Phi) is 7.47. The number of benzene rings is 1. The van der Waals surface area contributed by atoms with Gasteiger partial charge in [-0.05, 0) is 43.7 Å². The largest absolute Gasteiger partial charge is 0.491 e. The van der Waals surface area contributed by atoms with Crippen LogP contribution in [0.5, 0.6) is 5.75 Å². The lowest BCUT2D eigenvalue weighted by Crippen LogP contribution is -2.21. The summed E-state index contributed by atoms with van der Waals surface area (Å²) in [4.78, 5) is 0. The molecule has 1 saturated carbocycles. The summed E-state index contributed by atoms with van der Waals surface area (Å²) in [5.74, 6) is -1.33. The quantitative estimate of drug-likeness (QED) is 0.608. The van der Waals surface area contributed by atoms with Crippen LogP contribution in [0.3, 0.4) is 0 Å². The molecule has 0 saturated heterocycles. The van der Waals surface area contributed by atoms with Gasteiger partial charge in [-0.25, -0.2) is 4.39 Å². The highest BCUT2D eigenvalue weighted by atomic mass is 19.2. The molecule has 2 rings (SSSR count). The first-order valence-corrected chi connectivity index (χ1v) is 9.37. The van der Waals surface area contributed by atoms with Gasteiger partial charge in [0.05, 0.1) is 12.7 Å². The Bertz CT molecular complexity index is 511. The second kappa shape index (κ2) is 9.36. The normalized spacial score (nSPS) is 22.4. The van der Waals surface area contributed by atoms with Crippen molar-refractivity contribution in [2.45, 2.75) is 71.3 Å². The van der Waals surface area contributed by atoms with E-state index >= 15 is 0 Å². The van der Waals surface area contributed by atoms with E-state index < -0.39 is 17.7 Å². The standard InChI is InChI=1S/C20H30F2O2/c1-3-5-6-7-14-8-10-15(11-9-14)20(23)16-12-13-17(24-4-2)19(22)18(16)21/h12-15,20,23H,3-11H2,1-2H3. The summed E-state index contributed by atoms with van der Waals surface area (Å²) in [6.07, 6.45) is 8.01. The van der Waals surface area contributed by atoms with E-state index in [2.05, 4.69) is 6.92 Å². The van der Waals surface area contributed by atoms with Crippen molar-refractivity contribution < 1.29 is 18.6 Å². The lowest BCUT2D eigenvalue weighted by Gasteiger charge is -2.32. The highest BCUT2D eigenvalue weighted by Gasteiger charge is 2.30. The van der Waals surface area contributed by atoms with Gasteiger partial charge in [0.25, 0.3) is 0 Å². The predicted octanol–water partition coefficient (Wildman–Crippen LogP) is 5.78.